The smallest absolute Gasteiger partial charge is 0.192 e. The van der Waals surface area contributed by atoms with Gasteiger partial charge < -0.3 is 9.47 Å². The van der Waals surface area contributed by atoms with Gasteiger partial charge >= 0.3 is 0 Å². The van der Waals surface area contributed by atoms with Crippen LogP contribution in [0.5, 0.6) is 0 Å². The maximum Gasteiger partial charge on any atom is 0.192 e. The number of aryl methyl sites for hydroxylation is 2. The lowest BCUT2D eigenvalue weighted by atomic mass is 9.62. The first-order chi connectivity index (χ1) is 19.6. The van der Waals surface area contributed by atoms with Gasteiger partial charge in [-0.05, 0) is 71.6 Å². The zero-order valence-corrected chi connectivity index (χ0v) is 23.1. The van der Waals surface area contributed by atoms with Crippen molar-refractivity contribution in [3.63, 3.8) is 0 Å². The number of para-hydroxylation sites is 2. The molecule has 3 heterocycles. The van der Waals surface area contributed by atoms with E-state index >= 15 is 0 Å². The van der Waals surface area contributed by atoms with Crippen LogP contribution in [0.15, 0.2) is 136 Å². The fourth-order valence-electron chi connectivity index (χ4n) is 6.87. The Bertz CT molecular complexity index is 1960. The van der Waals surface area contributed by atoms with Gasteiger partial charge in [0, 0.05) is 39.7 Å². The van der Waals surface area contributed by atoms with E-state index in [0.29, 0.717) is 0 Å². The average molecular weight is 535 g/mol. The average Bonchev–Trinajstić information content (AvgIpc) is 3.00. The van der Waals surface area contributed by atoms with Crippen molar-refractivity contribution in [2.75, 3.05) is 4.90 Å². The highest BCUT2D eigenvalue weighted by Crippen LogP contribution is 2.62. The van der Waals surface area contributed by atoms with Crippen LogP contribution in [0.25, 0.3) is 10.9 Å². The summed E-state index contributed by atoms with van der Waals surface area (Å²) < 4.78 is 2.06. The Balaban J connectivity index is 1.49. The number of anilines is 3. The summed E-state index contributed by atoms with van der Waals surface area (Å²) in [5, 5.41) is 0.744. The monoisotopic (exact) mass is 534 g/mol. The maximum absolute atomic E-state index is 13.0. The van der Waals surface area contributed by atoms with E-state index in [2.05, 4.69) is 119 Å². The van der Waals surface area contributed by atoms with Crippen LogP contribution in [0.1, 0.15) is 27.8 Å². The van der Waals surface area contributed by atoms with Crippen LogP contribution in [-0.2, 0) is 12.5 Å². The first kappa shape index (κ1) is 23.4. The highest BCUT2D eigenvalue weighted by Gasteiger charge is 2.50. The fraction of sp³-hybridized carbons (Fsp3) is 0.0833. The molecule has 0 fully saturated rings. The van der Waals surface area contributed by atoms with E-state index in [4.69, 9.17) is 0 Å². The van der Waals surface area contributed by atoms with Crippen molar-refractivity contribution in [1.29, 1.82) is 0 Å². The Morgan fingerprint density at radius 1 is 0.650 bits per heavy atom. The number of pyridine rings is 1. The number of aromatic nitrogens is 1. The first-order valence-corrected chi connectivity index (χ1v) is 14.4. The molecule has 0 aliphatic carbocycles. The fourth-order valence-corrected chi connectivity index (χ4v) is 8.07. The zero-order valence-electron chi connectivity index (χ0n) is 22.3. The van der Waals surface area contributed by atoms with Crippen LogP contribution in [0.4, 0.5) is 17.1 Å². The van der Waals surface area contributed by atoms with E-state index in [0.717, 1.165) is 33.5 Å². The van der Waals surface area contributed by atoms with Gasteiger partial charge in [0.05, 0.1) is 22.3 Å². The third kappa shape index (κ3) is 3.00. The van der Waals surface area contributed by atoms with Gasteiger partial charge in [-0.25, -0.2) is 0 Å². The van der Waals surface area contributed by atoms with Gasteiger partial charge in [0.1, 0.15) is 0 Å². The minimum absolute atomic E-state index is 0.0889. The lowest BCUT2D eigenvalue weighted by Crippen LogP contribution is -2.39. The number of fused-ring (bicyclic) bond motifs is 9. The molecule has 3 nitrogen and oxygen atoms in total. The van der Waals surface area contributed by atoms with Gasteiger partial charge in [-0.3, -0.25) is 4.79 Å². The van der Waals surface area contributed by atoms with Crippen molar-refractivity contribution in [2.24, 2.45) is 7.05 Å². The Kier molecular flexibility index (Phi) is 4.95. The quantitative estimate of drug-likeness (QED) is 0.211. The summed E-state index contributed by atoms with van der Waals surface area (Å²) in [5.74, 6) is 0. The predicted octanol–water partition coefficient (Wildman–Crippen LogP) is 8.48. The summed E-state index contributed by atoms with van der Waals surface area (Å²) in [5.41, 5.74) is 9.78. The summed E-state index contributed by atoms with van der Waals surface area (Å²) in [6.45, 7) is 1.88. The largest absolute Gasteiger partial charge is 0.350 e. The van der Waals surface area contributed by atoms with Crippen LogP contribution >= 0.6 is 11.8 Å². The van der Waals surface area contributed by atoms with E-state index in [-0.39, 0.29) is 5.43 Å². The molecule has 0 amide bonds. The number of benzene rings is 5. The van der Waals surface area contributed by atoms with Crippen molar-refractivity contribution in [3.05, 3.63) is 159 Å². The molecule has 2 aliphatic rings. The molecule has 1 spiro atoms. The molecule has 0 saturated heterocycles. The highest BCUT2D eigenvalue weighted by atomic mass is 32.2. The molecule has 40 heavy (non-hydrogen) atoms. The minimum Gasteiger partial charge on any atom is -0.350 e. The number of hydrogen-bond acceptors (Lipinski definition) is 3. The van der Waals surface area contributed by atoms with E-state index in [1.807, 2.05) is 38.0 Å². The minimum atomic E-state index is -0.455. The van der Waals surface area contributed by atoms with Crippen LogP contribution < -0.4 is 10.3 Å². The number of hydrogen-bond donors (Lipinski definition) is 0. The van der Waals surface area contributed by atoms with Gasteiger partial charge in [-0.1, -0.05) is 84.6 Å². The van der Waals surface area contributed by atoms with Crippen LogP contribution in [0.3, 0.4) is 0 Å². The van der Waals surface area contributed by atoms with Crippen molar-refractivity contribution in [2.45, 2.75) is 22.1 Å². The Morgan fingerprint density at radius 3 is 1.77 bits per heavy atom. The summed E-state index contributed by atoms with van der Waals surface area (Å²) in [7, 11) is 2.01. The number of rotatable bonds is 1. The Hall–Kier alpha value is -4.54. The van der Waals surface area contributed by atoms with Gasteiger partial charge in [-0.15, -0.1) is 0 Å². The standard InChI is InChI=1S/C36H26N2OS/c1-23-22-37(2)32-21-24(19-20-25(32)35(23)39)38-30-15-7-3-11-26(30)36(27-12-4-8-16-31(27)38)28-13-5-9-17-33(28)40-34-18-10-6-14-29(34)36/h3-22H,1-2H3. The summed E-state index contributed by atoms with van der Waals surface area (Å²) in [4.78, 5) is 17.9. The first-order valence-electron chi connectivity index (χ1n) is 13.5. The molecule has 4 heteroatoms. The summed E-state index contributed by atoms with van der Waals surface area (Å²) >= 11 is 1.86. The highest BCUT2D eigenvalue weighted by molar-refractivity contribution is 7.99. The Morgan fingerprint density at radius 2 is 1.18 bits per heavy atom. The van der Waals surface area contributed by atoms with E-state index < -0.39 is 5.41 Å². The maximum atomic E-state index is 13.0. The van der Waals surface area contributed by atoms with Gasteiger partial charge in [0.2, 0.25) is 0 Å². The summed E-state index contributed by atoms with van der Waals surface area (Å²) in [6.07, 6.45) is 1.93. The molecule has 2 aliphatic heterocycles. The molecule has 0 saturated carbocycles. The molecule has 0 unspecified atom stereocenters. The zero-order chi connectivity index (χ0) is 27.0. The van der Waals surface area contributed by atoms with Gasteiger partial charge in [0.15, 0.2) is 5.43 Å². The molecule has 1 aromatic heterocycles. The molecular weight excluding hydrogens is 508 g/mol. The van der Waals surface area contributed by atoms with Gasteiger partial charge in [0.25, 0.3) is 0 Å². The van der Waals surface area contributed by atoms with Crippen molar-refractivity contribution >= 4 is 39.7 Å². The normalized spacial score (nSPS) is 14.4. The number of nitrogens with zero attached hydrogens (tertiary/aromatic N) is 2. The van der Waals surface area contributed by atoms with Crippen molar-refractivity contribution in [1.82, 2.24) is 4.57 Å². The molecule has 5 aromatic carbocycles. The second-order valence-electron chi connectivity index (χ2n) is 10.7. The van der Waals surface area contributed by atoms with E-state index in [1.54, 1.807) is 0 Å². The van der Waals surface area contributed by atoms with E-state index in [9.17, 15) is 4.79 Å². The van der Waals surface area contributed by atoms with Crippen LogP contribution in [0, 0.1) is 6.92 Å². The second kappa shape index (κ2) is 8.48. The second-order valence-corrected chi connectivity index (χ2v) is 11.8. The molecule has 0 N–H and O–H groups in total. The third-order valence-electron chi connectivity index (χ3n) is 8.51. The lowest BCUT2D eigenvalue weighted by Gasteiger charge is -2.49. The molecular formula is C36H26N2OS. The van der Waals surface area contributed by atoms with Gasteiger partial charge in [-0.2, -0.15) is 0 Å². The third-order valence-corrected chi connectivity index (χ3v) is 9.66. The van der Waals surface area contributed by atoms with Crippen LogP contribution in [-0.4, -0.2) is 4.57 Å². The lowest BCUT2D eigenvalue weighted by molar-refractivity contribution is 0.692. The predicted molar refractivity (Wildman–Crippen MR) is 165 cm³/mol. The summed E-state index contributed by atoms with van der Waals surface area (Å²) in [6, 6.07) is 41.6. The van der Waals surface area contributed by atoms with Crippen molar-refractivity contribution < 1.29 is 0 Å². The molecule has 0 atom stereocenters. The topological polar surface area (TPSA) is 25.2 Å². The molecule has 192 valence electrons. The SMILES string of the molecule is Cc1cn(C)c2cc(N3c4ccccc4C4(c5ccccc5Sc5ccccc54)c4ccccc43)ccc2c1=O. The Labute approximate surface area is 237 Å². The molecule has 8 rings (SSSR count). The van der Waals surface area contributed by atoms with E-state index in [1.165, 1.54) is 32.0 Å². The molecule has 0 bridgehead atoms. The molecule has 6 aromatic rings. The molecule has 0 radical (unpaired) electrons. The van der Waals surface area contributed by atoms with Crippen LogP contribution in [0.2, 0.25) is 0 Å². The van der Waals surface area contributed by atoms with Crippen molar-refractivity contribution in [3.8, 4) is 0 Å².